The second-order valence-corrected chi connectivity index (χ2v) is 7.59. The molecule has 1 saturated heterocycles. The Morgan fingerprint density at radius 3 is 2.79 bits per heavy atom. The molecule has 28 heavy (non-hydrogen) atoms. The van der Waals surface area contributed by atoms with Crippen molar-refractivity contribution in [1.82, 2.24) is 4.90 Å². The van der Waals surface area contributed by atoms with Crippen molar-refractivity contribution in [2.45, 2.75) is 32.4 Å². The molecule has 0 unspecified atom stereocenters. The van der Waals surface area contributed by atoms with Crippen LogP contribution in [0.2, 0.25) is 0 Å². The molecule has 0 bridgehead atoms. The van der Waals surface area contributed by atoms with E-state index in [0.29, 0.717) is 24.4 Å². The average molecular weight is 377 g/mol. The first-order chi connectivity index (χ1) is 13.7. The van der Waals surface area contributed by atoms with Crippen LogP contribution in [-0.4, -0.2) is 30.9 Å². The zero-order valence-corrected chi connectivity index (χ0v) is 15.9. The molecule has 0 N–H and O–H groups in total. The molecule has 144 valence electrons. The maximum absolute atomic E-state index is 12.9. The van der Waals surface area contributed by atoms with Gasteiger partial charge in [-0.1, -0.05) is 30.3 Å². The van der Waals surface area contributed by atoms with E-state index in [-0.39, 0.29) is 11.7 Å². The van der Waals surface area contributed by atoms with Gasteiger partial charge in [-0.25, -0.2) is 4.79 Å². The molecule has 2 aromatic carbocycles. The van der Waals surface area contributed by atoms with Crippen molar-refractivity contribution in [1.29, 1.82) is 0 Å². The zero-order chi connectivity index (χ0) is 19.1. The first kappa shape index (κ1) is 17.5. The number of benzene rings is 2. The summed E-state index contributed by atoms with van der Waals surface area (Å²) in [6, 6.07) is 13.7. The van der Waals surface area contributed by atoms with Crippen molar-refractivity contribution in [3.8, 4) is 16.9 Å². The molecular formula is C23H23NO4. The van der Waals surface area contributed by atoms with Crippen LogP contribution in [0.5, 0.6) is 5.75 Å². The smallest absolute Gasteiger partial charge is 0.344 e. The van der Waals surface area contributed by atoms with Crippen LogP contribution < -0.4 is 10.4 Å². The maximum atomic E-state index is 12.9. The zero-order valence-electron chi connectivity index (χ0n) is 15.9. The highest BCUT2D eigenvalue weighted by Crippen LogP contribution is 2.35. The van der Waals surface area contributed by atoms with E-state index in [2.05, 4.69) is 4.90 Å². The Hall–Kier alpha value is -2.63. The normalized spacial score (nSPS) is 19.5. The summed E-state index contributed by atoms with van der Waals surface area (Å²) in [6.07, 6.45) is 2.47. The molecule has 0 aliphatic carbocycles. The van der Waals surface area contributed by atoms with Gasteiger partial charge in [-0.05, 0) is 43.0 Å². The lowest BCUT2D eigenvalue weighted by atomic mass is 9.97. The van der Waals surface area contributed by atoms with Gasteiger partial charge in [0.2, 0.25) is 0 Å². The minimum atomic E-state index is -0.305. The lowest BCUT2D eigenvalue weighted by Gasteiger charge is -2.30. The fourth-order valence-corrected chi connectivity index (χ4v) is 4.30. The average Bonchev–Trinajstić information content (AvgIpc) is 3.22. The number of nitrogens with zero attached hydrogens (tertiary/aromatic N) is 1. The van der Waals surface area contributed by atoms with Crippen LogP contribution in [0.25, 0.3) is 22.1 Å². The molecule has 2 aliphatic rings. The SMILES string of the molecule is Cc1c(-c2ccccc2)c(=O)oc2c3c(ccc12)OCN(C[C@@H]1CCCO1)C3. The highest BCUT2D eigenvalue weighted by atomic mass is 16.5. The van der Waals surface area contributed by atoms with Gasteiger partial charge in [0, 0.05) is 25.1 Å². The van der Waals surface area contributed by atoms with Gasteiger partial charge in [0.25, 0.3) is 0 Å². The van der Waals surface area contributed by atoms with Crippen molar-refractivity contribution in [3.05, 3.63) is 64.0 Å². The van der Waals surface area contributed by atoms with E-state index in [1.807, 2.05) is 49.4 Å². The monoisotopic (exact) mass is 377 g/mol. The van der Waals surface area contributed by atoms with E-state index in [9.17, 15) is 4.79 Å². The molecule has 5 rings (SSSR count). The molecule has 0 spiro atoms. The molecule has 2 aliphatic heterocycles. The Morgan fingerprint density at radius 2 is 2.00 bits per heavy atom. The quantitative estimate of drug-likeness (QED) is 0.643. The minimum absolute atomic E-state index is 0.263. The number of fused-ring (bicyclic) bond motifs is 3. The van der Waals surface area contributed by atoms with E-state index in [1.165, 1.54) is 0 Å². The number of aryl methyl sites for hydroxylation is 1. The van der Waals surface area contributed by atoms with Gasteiger partial charge in [-0.15, -0.1) is 0 Å². The van der Waals surface area contributed by atoms with Crippen LogP contribution in [0.4, 0.5) is 0 Å². The van der Waals surface area contributed by atoms with Crippen molar-refractivity contribution in [2.75, 3.05) is 19.9 Å². The minimum Gasteiger partial charge on any atom is -0.478 e. The molecule has 3 aromatic rings. The van der Waals surface area contributed by atoms with Gasteiger partial charge < -0.3 is 13.9 Å². The lowest BCUT2D eigenvalue weighted by Crippen LogP contribution is -2.37. The Bertz CT molecular complexity index is 1070. The second kappa shape index (κ2) is 7.08. The van der Waals surface area contributed by atoms with E-state index in [1.54, 1.807) is 0 Å². The summed E-state index contributed by atoms with van der Waals surface area (Å²) in [5.74, 6) is 0.797. The molecule has 3 heterocycles. The standard InChI is InChI=1S/C23H23NO4/c1-15-18-9-10-20-19(13-24(14-27-20)12-17-8-5-11-26-17)22(18)28-23(25)21(15)16-6-3-2-4-7-16/h2-4,6-7,9-10,17H,5,8,11-14H2,1H3/t17-/m0/s1. The third kappa shape index (κ3) is 3.01. The summed E-state index contributed by atoms with van der Waals surface area (Å²) in [5.41, 5.74) is 3.72. The lowest BCUT2D eigenvalue weighted by molar-refractivity contribution is 0.0281. The molecule has 5 nitrogen and oxygen atoms in total. The molecule has 5 heteroatoms. The third-order valence-electron chi connectivity index (χ3n) is 5.73. The maximum Gasteiger partial charge on any atom is 0.344 e. The van der Waals surface area contributed by atoms with Gasteiger partial charge in [-0.3, -0.25) is 4.90 Å². The highest BCUT2D eigenvalue weighted by Gasteiger charge is 2.26. The number of ether oxygens (including phenoxy) is 2. The summed E-state index contributed by atoms with van der Waals surface area (Å²) in [7, 11) is 0. The number of hydrogen-bond donors (Lipinski definition) is 0. The van der Waals surface area contributed by atoms with Crippen LogP contribution in [0.15, 0.2) is 51.7 Å². The Kier molecular flexibility index (Phi) is 4.41. The number of hydrogen-bond acceptors (Lipinski definition) is 5. The summed E-state index contributed by atoms with van der Waals surface area (Å²) in [5, 5.41) is 0.958. The van der Waals surface area contributed by atoms with E-state index in [4.69, 9.17) is 13.9 Å². The van der Waals surface area contributed by atoms with Gasteiger partial charge >= 0.3 is 5.63 Å². The summed E-state index contributed by atoms with van der Waals surface area (Å²) < 4.78 is 17.6. The summed E-state index contributed by atoms with van der Waals surface area (Å²) >= 11 is 0. The third-order valence-corrected chi connectivity index (χ3v) is 5.73. The molecule has 1 aromatic heterocycles. The van der Waals surface area contributed by atoms with E-state index >= 15 is 0 Å². The molecule has 0 radical (unpaired) electrons. The molecular weight excluding hydrogens is 354 g/mol. The highest BCUT2D eigenvalue weighted by molar-refractivity contribution is 5.90. The summed E-state index contributed by atoms with van der Waals surface area (Å²) in [6.45, 7) is 4.89. The van der Waals surface area contributed by atoms with E-state index in [0.717, 1.165) is 53.8 Å². The van der Waals surface area contributed by atoms with Gasteiger partial charge in [0.05, 0.1) is 17.2 Å². The van der Waals surface area contributed by atoms with Crippen molar-refractivity contribution in [2.24, 2.45) is 0 Å². The van der Waals surface area contributed by atoms with Crippen LogP contribution in [0.1, 0.15) is 24.0 Å². The number of rotatable bonds is 3. The molecule has 1 fully saturated rings. The molecule has 0 amide bonds. The predicted octanol–water partition coefficient (Wildman–Crippen LogP) is 4.10. The topological polar surface area (TPSA) is 51.9 Å². The van der Waals surface area contributed by atoms with Crippen molar-refractivity contribution >= 4 is 11.0 Å². The predicted molar refractivity (Wildman–Crippen MR) is 108 cm³/mol. The van der Waals surface area contributed by atoms with Crippen molar-refractivity contribution < 1.29 is 13.9 Å². The first-order valence-corrected chi connectivity index (χ1v) is 9.82. The fourth-order valence-electron chi connectivity index (χ4n) is 4.30. The van der Waals surface area contributed by atoms with E-state index < -0.39 is 0 Å². The van der Waals surface area contributed by atoms with Crippen LogP contribution in [-0.2, 0) is 11.3 Å². The second-order valence-electron chi connectivity index (χ2n) is 7.59. The van der Waals surface area contributed by atoms with Crippen LogP contribution >= 0.6 is 0 Å². The largest absolute Gasteiger partial charge is 0.478 e. The van der Waals surface area contributed by atoms with Gasteiger partial charge in [-0.2, -0.15) is 0 Å². The van der Waals surface area contributed by atoms with Gasteiger partial charge in [0.1, 0.15) is 18.1 Å². The Balaban J connectivity index is 1.57. The van der Waals surface area contributed by atoms with Gasteiger partial charge in [0.15, 0.2) is 0 Å². The Labute approximate surface area is 163 Å². The molecule has 1 atom stereocenters. The van der Waals surface area contributed by atoms with Crippen molar-refractivity contribution in [3.63, 3.8) is 0 Å². The fraction of sp³-hybridized carbons (Fsp3) is 0.348. The first-order valence-electron chi connectivity index (χ1n) is 9.82. The summed E-state index contributed by atoms with van der Waals surface area (Å²) in [4.78, 5) is 15.1. The Morgan fingerprint density at radius 1 is 1.14 bits per heavy atom. The molecule has 0 saturated carbocycles. The van der Waals surface area contributed by atoms with Crippen LogP contribution in [0.3, 0.4) is 0 Å². The van der Waals surface area contributed by atoms with Crippen LogP contribution in [0, 0.1) is 6.92 Å².